The van der Waals surface area contributed by atoms with Crippen LogP contribution in [-0.4, -0.2) is 18.1 Å². The quantitative estimate of drug-likeness (QED) is 0.670. The lowest BCUT2D eigenvalue weighted by atomic mass is 10.1. The molecule has 82 valence electrons. The maximum Gasteiger partial charge on any atom is 0.177 e. The number of carbonyl (C=O) groups excluding carboxylic acids is 1. The lowest BCUT2D eigenvalue weighted by Gasteiger charge is -2.07. The molecule has 2 nitrogen and oxygen atoms in total. The standard InChI is InChI=1S/C10H11Cl2NOS/c1-2-15-8-4-3-6(7(14)5-13)9(11)10(8)12/h3-4H,2,5,13H2,1H3. The molecule has 0 saturated heterocycles. The van der Waals surface area contributed by atoms with E-state index in [-0.39, 0.29) is 12.3 Å². The molecule has 0 spiro atoms. The number of thioether (sulfide) groups is 1. The van der Waals surface area contributed by atoms with E-state index >= 15 is 0 Å². The van der Waals surface area contributed by atoms with Gasteiger partial charge in [-0.15, -0.1) is 11.8 Å². The van der Waals surface area contributed by atoms with Crippen LogP contribution in [0.3, 0.4) is 0 Å². The minimum Gasteiger partial charge on any atom is -0.324 e. The van der Waals surface area contributed by atoms with Crippen LogP contribution in [0.15, 0.2) is 17.0 Å². The van der Waals surface area contributed by atoms with E-state index in [4.69, 9.17) is 28.9 Å². The van der Waals surface area contributed by atoms with E-state index in [1.54, 1.807) is 23.9 Å². The molecule has 15 heavy (non-hydrogen) atoms. The molecule has 0 fully saturated rings. The number of ketones is 1. The molecular weight excluding hydrogens is 253 g/mol. The number of hydrogen-bond acceptors (Lipinski definition) is 3. The second kappa shape index (κ2) is 5.75. The molecular formula is C10H11Cl2NOS. The normalized spacial score (nSPS) is 10.4. The smallest absolute Gasteiger partial charge is 0.177 e. The maximum absolute atomic E-state index is 11.4. The van der Waals surface area contributed by atoms with Crippen molar-refractivity contribution in [3.05, 3.63) is 27.7 Å². The van der Waals surface area contributed by atoms with E-state index in [0.29, 0.717) is 15.6 Å². The Morgan fingerprint density at radius 3 is 2.60 bits per heavy atom. The Morgan fingerprint density at radius 2 is 2.07 bits per heavy atom. The van der Waals surface area contributed by atoms with Crippen LogP contribution in [0, 0.1) is 0 Å². The molecule has 1 aromatic carbocycles. The van der Waals surface area contributed by atoms with Gasteiger partial charge in [0.2, 0.25) is 0 Å². The van der Waals surface area contributed by atoms with Gasteiger partial charge in [0.15, 0.2) is 5.78 Å². The van der Waals surface area contributed by atoms with Crippen LogP contribution in [0.2, 0.25) is 10.0 Å². The molecule has 0 unspecified atom stereocenters. The second-order valence-electron chi connectivity index (χ2n) is 2.80. The molecule has 1 rings (SSSR count). The second-order valence-corrected chi connectivity index (χ2v) is 4.86. The first-order valence-corrected chi connectivity index (χ1v) is 6.20. The van der Waals surface area contributed by atoms with Crippen molar-refractivity contribution in [2.45, 2.75) is 11.8 Å². The molecule has 5 heteroatoms. The molecule has 1 aromatic rings. The summed E-state index contributed by atoms with van der Waals surface area (Å²) in [7, 11) is 0. The van der Waals surface area contributed by atoms with E-state index in [2.05, 4.69) is 0 Å². The van der Waals surface area contributed by atoms with Gasteiger partial charge in [-0.1, -0.05) is 30.1 Å². The van der Waals surface area contributed by atoms with Crippen molar-refractivity contribution in [2.75, 3.05) is 12.3 Å². The number of carbonyl (C=O) groups is 1. The van der Waals surface area contributed by atoms with Gasteiger partial charge in [-0.3, -0.25) is 4.79 Å². The minimum absolute atomic E-state index is 0.0592. The highest BCUT2D eigenvalue weighted by molar-refractivity contribution is 7.99. The Hall–Kier alpha value is -0.220. The Morgan fingerprint density at radius 1 is 1.40 bits per heavy atom. The van der Waals surface area contributed by atoms with Crippen LogP contribution < -0.4 is 5.73 Å². The van der Waals surface area contributed by atoms with E-state index in [1.807, 2.05) is 6.92 Å². The molecule has 0 aliphatic heterocycles. The van der Waals surface area contributed by atoms with Crippen molar-refractivity contribution in [3.8, 4) is 0 Å². The fourth-order valence-electron chi connectivity index (χ4n) is 1.12. The molecule has 0 radical (unpaired) electrons. The van der Waals surface area contributed by atoms with Crippen LogP contribution in [0.1, 0.15) is 17.3 Å². The van der Waals surface area contributed by atoms with Crippen molar-refractivity contribution in [1.29, 1.82) is 0 Å². The number of hydrogen-bond donors (Lipinski definition) is 1. The number of halogens is 2. The van der Waals surface area contributed by atoms with E-state index in [1.165, 1.54) is 0 Å². The molecule has 0 atom stereocenters. The van der Waals surface area contributed by atoms with Crippen LogP contribution >= 0.6 is 35.0 Å². The van der Waals surface area contributed by atoms with Crippen molar-refractivity contribution in [1.82, 2.24) is 0 Å². The number of benzene rings is 1. The molecule has 2 N–H and O–H groups in total. The predicted octanol–water partition coefficient (Wildman–Crippen LogP) is 3.25. The van der Waals surface area contributed by atoms with Crippen molar-refractivity contribution in [2.24, 2.45) is 5.73 Å². The van der Waals surface area contributed by atoms with E-state index < -0.39 is 0 Å². The van der Waals surface area contributed by atoms with Gasteiger partial charge in [0.25, 0.3) is 0 Å². The van der Waals surface area contributed by atoms with Crippen LogP contribution in [0.4, 0.5) is 0 Å². The van der Waals surface area contributed by atoms with Crippen molar-refractivity contribution < 1.29 is 4.79 Å². The number of rotatable bonds is 4. The predicted molar refractivity (Wildman–Crippen MR) is 66.2 cm³/mol. The third-order valence-corrected chi connectivity index (χ3v) is 3.77. The minimum atomic E-state index is -0.199. The molecule has 0 aliphatic carbocycles. The Labute approximate surface area is 103 Å². The van der Waals surface area contributed by atoms with Crippen LogP contribution in [0.5, 0.6) is 0 Å². The van der Waals surface area contributed by atoms with Crippen molar-refractivity contribution >= 4 is 40.7 Å². The SMILES string of the molecule is CCSc1ccc(C(=O)CN)c(Cl)c1Cl. The summed E-state index contributed by atoms with van der Waals surface area (Å²) in [6.45, 7) is 1.96. The highest BCUT2D eigenvalue weighted by Crippen LogP contribution is 2.35. The maximum atomic E-state index is 11.4. The van der Waals surface area contributed by atoms with Gasteiger partial charge >= 0.3 is 0 Å². The molecule has 0 aliphatic rings. The number of Topliss-reactive ketones (excluding diaryl/α,β-unsaturated/α-hetero) is 1. The van der Waals surface area contributed by atoms with Crippen LogP contribution in [0.25, 0.3) is 0 Å². The molecule has 0 amide bonds. The summed E-state index contributed by atoms with van der Waals surface area (Å²) in [6.07, 6.45) is 0. The van der Waals surface area contributed by atoms with E-state index in [9.17, 15) is 4.79 Å². The molecule has 0 bridgehead atoms. The first kappa shape index (κ1) is 12.8. The Balaban J connectivity index is 3.15. The summed E-state index contributed by atoms with van der Waals surface area (Å²) in [5.74, 6) is 0.704. The highest BCUT2D eigenvalue weighted by Gasteiger charge is 2.14. The third kappa shape index (κ3) is 2.88. The lowest BCUT2D eigenvalue weighted by molar-refractivity contribution is 0.100. The lowest BCUT2D eigenvalue weighted by Crippen LogP contribution is -2.14. The van der Waals surface area contributed by atoms with E-state index in [0.717, 1.165) is 10.6 Å². The summed E-state index contributed by atoms with van der Waals surface area (Å²) >= 11 is 13.6. The zero-order valence-electron chi connectivity index (χ0n) is 8.22. The van der Waals surface area contributed by atoms with Crippen molar-refractivity contribution in [3.63, 3.8) is 0 Å². The summed E-state index contributed by atoms with van der Waals surface area (Å²) in [5, 5.41) is 0.730. The first-order chi connectivity index (χ1) is 7.11. The first-order valence-electron chi connectivity index (χ1n) is 4.45. The summed E-state index contributed by atoms with van der Waals surface area (Å²) in [6, 6.07) is 3.46. The zero-order chi connectivity index (χ0) is 11.4. The highest BCUT2D eigenvalue weighted by atomic mass is 35.5. The van der Waals surface area contributed by atoms with Gasteiger partial charge in [-0.2, -0.15) is 0 Å². The van der Waals surface area contributed by atoms with Gasteiger partial charge in [0, 0.05) is 10.5 Å². The Bertz CT molecular complexity index is 382. The van der Waals surface area contributed by atoms with Crippen LogP contribution in [-0.2, 0) is 0 Å². The molecule has 0 heterocycles. The zero-order valence-corrected chi connectivity index (χ0v) is 10.5. The molecule has 0 saturated carbocycles. The monoisotopic (exact) mass is 263 g/mol. The Kier molecular flexibility index (Phi) is 4.93. The summed E-state index contributed by atoms with van der Waals surface area (Å²) < 4.78 is 0. The number of nitrogens with two attached hydrogens (primary N) is 1. The van der Waals surface area contributed by atoms with Gasteiger partial charge < -0.3 is 5.73 Å². The average molecular weight is 264 g/mol. The fourth-order valence-corrected chi connectivity index (χ4v) is 2.48. The van der Waals surface area contributed by atoms with Gasteiger partial charge in [0.1, 0.15) is 0 Å². The topological polar surface area (TPSA) is 43.1 Å². The summed E-state index contributed by atoms with van der Waals surface area (Å²) in [5.41, 5.74) is 5.66. The van der Waals surface area contributed by atoms with Gasteiger partial charge in [-0.25, -0.2) is 0 Å². The largest absolute Gasteiger partial charge is 0.324 e. The van der Waals surface area contributed by atoms with Gasteiger partial charge in [-0.05, 0) is 17.9 Å². The van der Waals surface area contributed by atoms with Gasteiger partial charge in [0.05, 0.1) is 16.6 Å². The molecule has 0 aromatic heterocycles. The summed E-state index contributed by atoms with van der Waals surface area (Å²) in [4.78, 5) is 12.3. The average Bonchev–Trinajstić information content (AvgIpc) is 2.24. The fraction of sp³-hybridized carbons (Fsp3) is 0.300. The third-order valence-electron chi connectivity index (χ3n) is 1.83.